The Labute approximate surface area is 157 Å². The van der Waals surface area contributed by atoms with Crippen molar-refractivity contribution >= 4 is 23.4 Å². The first-order chi connectivity index (χ1) is 12.8. The quantitative estimate of drug-likeness (QED) is 0.508. The van der Waals surface area contributed by atoms with Crippen LogP contribution in [0.2, 0.25) is 0 Å². The predicted molar refractivity (Wildman–Crippen MR) is 94.7 cm³/mol. The lowest BCUT2D eigenvalue weighted by atomic mass is 10.1. The summed E-state index contributed by atoms with van der Waals surface area (Å²) in [7, 11) is 0. The normalized spacial score (nSPS) is 12.0. The van der Waals surface area contributed by atoms with Crippen LogP contribution >= 0.6 is 11.8 Å². The summed E-state index contributed by atoms with van der Waals surface area (Å²) in [5.74, 6) is -4.75. The molecule has 0 spiro atoms. The van der Waals surface area contributed by atoms with Gasteiger partial charge in [0.1, 0.15) is 0 Å². The van der Waals surface area contributed by atoms with Crippen molar-refractivity contribution in [2.24, 2.45) is 0 Å². The van der Waals surface area contributed by atoms with Crippen LogP contribution in [0.5, 0.6) is 0 Å². The number of nitrogens with zero attached hydrogens (tertiary/aromatic N) is 2. The molecule has 0 aliphatic heterocycles. The average molecular weight is 393 g/mol. The van der Waals surface area contributed by atoms with E-state index >= 15 is 0 Å². The molecule has 1 amide bonds. The molecule has 0 saturated carbocycles. The Kier molecular flexibility index (Phi) is 5.50. The highest BCUT2D eigenvalue weighted by molar-refractivity contribution is 8.00. The van der Waals surface area contributed by atoms with Crippen LogP contribution in [-0.4, -0.2) is 21.4 Å². The molecule has 0 aliphatic carbocycles. The summed E-state index contributed by atoms with van der Waals surface area (Å²) in [6, 6.07) is 9.16. The Hall–Kier alpha value is -2.81. The number of aryl methyl sites for hydroxylation is 1. The van der Waals surface area contributed by atoms with Crippen molar-refractivity contribution in [1.82, 2.24) is 10.2 Å². The summed E-state index contributed by atoms with van der Waals surface area (Å²) in [6.45, 7) is 3.47. The van der Waals surface area contributed by atoms with Crippen molar-refractivity contribution in [2.75, 3.05) is 5.32 Å². The number of thioether (sulfide) groups is 1. The maximum absolute atomic E-state index is 13.7. The number of amides is 1. The van der Waals surface area contributed by atoms with Crippen molar-refractivity contribution < 1.29 is 22.4 Å². The first-order valence-corrected chi connectivity index (χ1v) is 8.74. The van der Waals surface area contributed by atoms with Gasteiger partial charge in [0.05, 0.1) is 10.9 Å². The molecule has 0 bridgehead atoms. The zero-order chi connectivity index (χ0) is 19.6. The minimum Gasteiger partial charge on any atom is -0.411 e. The molecule has 1 N–H and O–H groups in total. The SMILES string of the molecule is Cc1cccc(-c2nnc(S[C@H](C)C(=O)Nc3ccc(F)c(F)c3F)o2)c1. The number of rotatable bonds is 5. The molecule has 0 unspecified atom stereocenters. The zero-order valence-electron chi connectivity index (χ0n) is 14.3. The smallest absolute Gasteiger partial charge is 0.277 e. The van der Waals surface area contributed by atoms with E-state index in [9.17, 15) is 18.0 Å². The Morgan fingerprint density at radius 3 is 2.67 bits per heavy atom. The van der Waals surface area contributed by atoms with Gasteiger partial charge in [0.2, 0.25) is 11.8 Å². The van der Waals surface area contributed by atoms with Gasteiger partial charge in [-0.25, -0.2) is 13.2 Å². The Balaban J connectivity index is 1.68. The Morgan fingerprint density at radius 2 is 1.93 bits per heavy atom. The van der Waals surface area contributed by atoms with Crippen LogP contribution in [0.25, 0.3) is 11.5 Å². The number of halogens is 3. The summed E-state index contributed by atoms with van der Waals surface area (Å²) < 4.78 is 45.4. The van der Waals surface area contributed by atoms with Crippen molar-refractivity contribution in [3.8, 4) is 11.5 Å². The molecule has 1 atom stereocenters. The van der Waals surface area contributed by atoms with Gasteiger partial charge in [0, 0.05) is 5.56 Å². The van der Waals surface area contributed by atoms with Gasteiger partial charge < -0.3 is 9.73 Å². The number of benzene rings is 2. The molecule has 2 aromatic carbocycles. The lowest BCUT2D eigenvalue weighted by molar-refractivity contribution is -0.115. The van der Waals surface area contributed by atoms with Gasteiger partial charge in [-0.1, -0.05) is 29.5 Å². The van der Waals surface area contributed by atoms with E-state index < -0.39 is 34.3 Å². The first kappa shape index (κ1) is 19.0. The number of nitrogens with one attached hydrogen (secondary N) is 1. The number of aromatic nitrogens is 2. The molecule has 5 nitrogen and oxygen atoms in total. The largest absolute Gasteiger partial charge is 0.411 e. The molecule has 27 heavy (non-hydrogen) atoms. The van der Waals surface area contributed by atoms with Gasteiger partial charge in [-0.15, -0.1) is 10.2 Å². The van der Waals surface area contributed by atoms with Crippen LogP contribution in [0.1, 0.15) is 12.5 Å². The molecule has 9 heteroatoms. The second-order valence-corrected chi connectivity index (χ2v) is 7.01. The van der Waals surface area contributed by atoms with E-state index in [4.69, 9.17) is 4.42 Å². The maximum atomic E-state index is 13.7. The van der Waals surface area contributed by atoms with E-state index in [2.05, 4.69) is 15.5 Å². The molecule has 0 saturated heterocycles. The summed E-state index contributed by atoms with van der Waals surface area (Å²) >= 11 is 0.961. The number of carbonyl (C=O) groups excluding carboxylic acids is 1. The Morgan fingerprint density at radius 1 is 1.15 bits per heavy atom. The third-order valence-corrected chi connectivity index (χ3v) is 4.55. The topological polar surface area (TPSA) is 68.0 Å². The molecule has 0 fully saturated rings. The van der Waals surface area contributed by atoms with E-state index in [1.165, 1.54) is 6.92 Å². The highest BCUT2D eigenvalue weighted by Crippen LogP contribution is 2.27. The zero-order valence-corrected chi connectivity index (χ0v) is 15.1. The molecule has 0 aliphatic rings. The summed E-state index contributed by atoms with van der Waals surface area (Å²) in [4.78, 5) is 12.2. The Bertz CT molecular complexity index is 994. The molecular weight excluding hydrogens is 379 g/mol. The van der Waals surface area contributed by atoms with Crippen molar-refractivity contribution in [2.45, 2.75) is 24.3 Å². The standard InChI is InChI=1S/C18H14F3N3O2S/c1-9-4-3-5-11(8-9)17-23-24-18(26-17)27-10(2)16(25)22-13-7-6-12(19)14(20)15(13)21/h3-8,10H,1-2H3,(H,22,25)/t10-/m1/s1. The van der Waals surface area contributed by atoms with E-state index in [0.29, 0.717) is 5.89 Å². The van der Waals surface area contributed by atoms with E-state index in [1.807, 2.05) is 31.2 Å². The second kappa shape index (κ2) is 7.83. The van der Waals surface area contributed by atoms with Crippen molar-refractivity contribution in [1.29, 1.82) is 0 Å². The first-order valence-electron chi connectivity index (χ1n) is 7.86. The van der Waals surface area contributed by atoms with Gasteiger partial charge >= 0.3 is 0 Å². The van der Waals surface area contributed by atoms with Crippen LogP contribution in [0.4, 0.5) is 18.9 Å². The molecule has 3 rings (SSSR count). The van der Waals surface area contributed by atoms with Crippen LogP contribution in [0, 0.1) is 24.4 Å². The molecule has 1 aromatic heterocycles. The second-order valence-electron chi connectivity index (χ2n) is 5.71. The fourth-order valence-corrected chi connectivity index (χ4v) is 2.90. The predicted octanol–water partition coefficient (Wildman–Crippen LogP) is 4.58. The van der Waals surface area contributed by atoms with Gasteiger partial charge in [-0.2, -0.15) is 0 Å². The third-order valence-electron chi connectivity index (χ3n) is 3.61. The summed E-state index contributed by atoms with van der Waals surface area (Å²) in [6.07, 6.45) is 0. The minimum absolute atomic E-state index is 0.153. The molecule has 0 radical (unpaired) electrons. The highest BCUT2D eigenvalue weighted by Gasteiger charge is 2.21. The van der Waals surface area contributed by atoms with Gasteiger partial charge in [-0.05, 0) is 38.1 Å². The molecule has 1 heterocycles. The summed E-state index contributed by atoms with van der Waals surface area (Å²) in [5, 5.41) is 9.44. The van der Waals surface area contributed by atoms with Crippen LogP contribution < -0.4 is 5.32 Å². The van der Waals surface area contributed by atoms with Crippen LogP contribution in [0.15, 0.2) is 46.0 Å². The average Bonchev–Trinajstić information content (AvgIpc) is 3.10. The number of carbonyl (C=O) groups is 1. The van der Waals surface area contributed by atoms with Crippen molar-refractivity contribution in [3.63, 3.8) is 0 Å². The fourth-order valence-electron chi connectivity index (χ4n) is 2.21. The van der Waals surface area contributed by atoms with Gasteiger partial charge in [0.15, 0.2) is 17.5 Å². The molecular formula is C18H14F3N3O2S. The minimum atomic E-state index is -1.65. The lowest BCUT2D eigenvalue weighted by Gasteiger charge is -2.11. The highest BCUT2D eigenvalue weighted by atomic mass is 32.2. The van der Waals surface area contributed by atoms with E-state index in [-0.39, 0.29) is 5.22 Å². The molecule has 140 valence electrons. The fraction of sp³-hybridized carbons (Fsp3) is 0.167. The summed E-state index contributed by atoms with van der Waals surface area (Å²) in [5.41, 5.74) is 1.33. The number of hydrogen-bond acceptors (Lipinski definition) is 5. The monoisotopic (exact) mass is 393 g/mol. The maximum Gasteiger partial charge on any atom is 0.277 e. The lowest BCUT2D eigenvalue weighted by Crippen LogP contribution is -2.23. The number of anilines is 1. The van der Waals surface area contributed by atoms with E-state index in [0.717, 1.165) is 35.0 Å². The van der Waals surface area contributed by atoms with Gasteiger partial charge in [-0.3, -0.25) is 4.79 Å². The number of hydrogen-bond donors (Lipinski definition) is 1. The third kappa shape index (κ3) is 4.30. The van der Waals surface area contributed by atoms with Crippen molar-refractivity contribution in [3.05, 3.63) is 59.4 Å². The van der Waals surface area contributed by atoms with Crippen LogP contribution in [0.3, 0.4) is 0 Å². The van der Waals surface area contributed by atoms with Gasteiger partial charge in [0.25, 0.3) is 5.22 Å². The van der Waals surface area contributed by atoms with Crippen LogP contribution in [-0.2, 0) is 4.79 Å². The van der Waals surface area contributed by atoms with E-state index in [1.54, 1.807) is 0 Å². The molecule has 3 aromatic rings.